The SMILES string of the molecule is [C-]#[N+]c1cc(-c2nc(-c3cccc4c3oc3ccccc34)nc(-c3ccccc3)c2C#N)ccc1-n1c2ccccc2c2ccc3c(c4ccccc4n3-c3ccccc3)c21. The minimum Gasteiger partial charge on any atom is -0.455 e. The van der Waals surface area contributed by atoms with Crippen LogP contribution in [-0.2, 0) is 0 Å². The molecule has 0 spiro atoms. The first-order valence-electron chi connectivity index (χ1n) is 20.0. The molecule has 0 radical (unpaired) electrons. The van der Waals surface area contributed by atoms with Crippen LogP contribution in [0, 0.1) is 17.9 Å². The molecule has 0 aliphatic rings. The molecule has 0 bridgehead atoms. The van der Waals surface area contributed by atoms with E-state index in [1.54, 1.807) is 0 Å². The number of aromatic nitrogens is 4. The van der Waals surface area contributed by atoms with Crippen molar-refractivity contribution in [3.63, 3.8) is 0 Å². The summed E-state index contributed by atoms with van der Waals surface area (Å²) >= 11 is 0. The summed E-state index contributed by atoms with van der Waals surface area (Å²) in [6, 6.07) is 63.7. The Balaban J connectivity index is 1.13. The van der Waals surface area contributed by atoms with Gasteiger partial charge in [0.05, 0.1) is 51.3 Å². The number of nitriles is 1. The maximum atomic E-state index is 10.9. The number of rotatable bonds is 5. The molecular formula is C54H30N6O. The Morgan fingerprint density at radius 1 is 0.541 bits per heavy atom. The smallest absolute Gasteiger partial charge is 0.211 e. The molecule has 0 unspecified atom stereocenters. The molecule has 7 nitrogen and oxygen atoms in total. The van der Waals surface area contributed by atoms with Gasteiger partial charge in [0.1, 0.15) is 22.8 Å². The van der Waals surface area contributed by atoms with Crippen molar-refractivity contribution in [2.45, 2.75) is 0 Å². The molecule has 4 heterocycles. The van der Waals surface area contributed by atoms with E-state index < -0.39 is 0 Å². The van der Waals surface area contributed by atoms with Crippen molar-refractivity contribution in [3.8, 4) is 51.3 Å². The summed E-state index contributed by atoms with van der Waals surface area (Å²) in [6.07, 6.45) is 0. The van der Waals surface area contributed by atoms with Gasteiger partial charge in [-0.3, -0.25) is 0 Å². The summed E-state index contributed by atoms with van der Waals surface area (Å²) in [7, 11) is 0. The van der Waals surface area contributed by atoms with Crippen LogP contribution in [0.25, 0.3) is 116 Å². The average molecular weight is 779 g/mol. The van der Waals surface area contributed by atoms with Gasteiger partial charge in [-0.1, -0.05) is 127 Å². The van der Waals surface area contributed by atoms with Gasteiger partial charge in [0.15, 0.2) is 5.82 Å². The van der Waals surface area contributed by atoms with E-state index in [9.17, 15) is 5.26 Å². The highest BCUT2D eigenvalue weighted by molar-refractivity contribution is 6.26. The van der Waals surface area contributed by atoms with E-state index in [0.29, 0.717) is 45.2 Å². The summed E-state index contributed by atoms with van der Waals surface area (Å²) in [5, 5.41) is 17.2. The van der Waals surface area contributed by atoms with E-state index in [1.165, 1.54) is 0 Å². The number of nitrogens with zero attached hydrogens (tertiary/aromatic N) is 6. The maximum Gasteiger partial charge on any atom is 0.211 e. The number of fused-ring (bicyclic) bond motifs is 10. The van der Waals surface area contributed by atoms with Gasteiger partial charge in [-0.25, -0.2) is 14.8 Å². The number of furan rings is 1. The Bertz CT molecular complexity index is 3840. The minimum absolute atomic E-state index is 0.322. The van der Waals surface area contributed by atoms with E-state index in [4.69, 9.17) is 21.0 Å². The van der Waals surface area contributed by atoms with Gasteiger partial charge in [-0.15, -0.1) is 0 Å². The first-order chi connectivity index (χ1) is 30.2. The Morgan fingerprint density at radius 2 is 1.20 bits per heavy atom. The largest absolute Gasteiger partial charge is 0.455 e. The van der Waals surface area contributed by atoms with Gasteiger partial charge in [0, 0.05) is 43.6 Å². The highest BCUT2D eigenvalue weighted by Gasteiger charge is 2.25. The fourth-order valence-corrected chi connectivity index (χ4v) is 9.19. The zero-order valence-electron chi connectivity index (χ0n) is 32.4. The second-order valence-electron chi connectivity index (χ2n) is 15.1. The first-order valence-corrected chi connectivity index (χ1v) is 20.0. The molecule has 0 atom stereocenters. The van der Waals surface area contributed by atoms with Gasteiger partial charge in [-0.05, 0) is 60.2 Å². The van der Waals surface area contributed by atoms with Crippen molar-refractivity contribution in [3.05, 3.63) is 199 Å². The van der Waals surface area contributed by atoms with Crippen LogP contribution in [0.5, 0.6) is 0 Å². The predicted octanol–water partition coefficient (Wildman–Crippen LogP) is 14.0. The Hall–Kier alpha value is -8.78. The molecule has 7 heteroatoms. The summed E-state index contributed by atoms with van der Waals surface area (Å²) < 4.78 is 11.0. The van der Waals surface area contributed by atoms with Crippen LogP contribution >= 0.6 is 0 Å². The number of hydrogen-bond donors (Lipinski definition) is 0. The molecule has 12 rings (SSSR count). The first kappa shape index (κ1) is 34.3. The molecule has 8 aromatic carbocycles. The van der Waals surface area contributed by atoms with E-state index >= 15 is 0 Å². The number of hydrogen-bond acceptors (Lipinski definition) is 4. The zero-order valence-corrected chi connectivity index (χ0v) is 32.4. The lowest BCUT2D eigenvalue weighted by atomic mass is 9.99. The molecule has 0 aliphatic heterocycles. The molecule has 4 aromatic heterocycles. The summed E-state index contributed by atoms with van der Waals surface area (Å²) in [5.41, 5.74) is 11.3. The van der Waals surface area contributed by atoms with Gasteiger partial charge in [0.2, 0.25) is 5.69 Å². The predicted molar refractivity (Wildman–Crippen MR) is 245 cm³/mol. The third kappa shape index (κ3) is 5.08. The van der Waals surface area contributed by atoms with Gasteiger partial charge < -0.3 is 13.6 Å². The van der Waals surface area contributed by atoms with Crippen LogP contribution in [0.3, 0.4) is 0 Å². The summed E-state index contributed by atoms with van der Waals surface area (Å²) in [6.45, 7) is 8.67. The van der Waals surface area contributed by atoms with Crippen LogP contribution in [0.4, 0.5) is 5.69 Å². The lowest BCUT2D eigenvalue weighted by Crippen LogP contribution is -2.02. The fourth-order valence-electron chi connectivity index (χ4n) is 9.19. The highest BCUT2D eigenvalue weighted by atomic mass is 16.3. The second-order valence-corrected chi connectivity index (χ2v) is 15.1. The molecule has 0 amide bonds. The number of para-hydroxylation sites is 5. The molecule has 0 fully saturated rings. The topological polar surface area (TPSA) is 76.9 Å². The monoisotopic (exact) mass is 778 g/mol. The Morgan fingerprint density at radius 3 is 1.97 bits per heavy atom. The van der Waals surface area contributed by atoms with Crippen molar-refractivity contribution in [2.24, 2.45) is 0 Å². The molecule has 0 aliphatic carbocycles. The molecule has 0 saturated heterocycles. The second kappa shape index (κ2) is 13.4. The third-order valence-electron chi connectivity index (χ3n) is 11.8. The van der Waals surface area contributed by atoms with E-state index in [1.807, 2.05) is 103 Å². The van der Waals surface area contributed by atoms with E-state index in [0.717, 1.165) is 76.9 Å². The lowest BCUT2D eigenvalue weighted by molar-refractivity contribution is 0.669. The fraction of sp³-hybridized carbons (Fsp3) is 0. The van der Waals surface area contributed by atoms with Crippen molar-refractivity contribution in [2.75, 3.05) is 0 Å². The molecule has 282 valence electrons. The van der Waals surface area contributed by atoms with Crippen molar-refractivity contribution >= 4 is 71.2 Å². The summed E-state index contributed by atoms with van der Waals surface area (Å²) in [4.78, 5) is 14.4. The van der Waals surface area contributed by atoms with Crippen LogP contribution in [0.15, 0.2) is 186 Å². The van der Waals surface area contributed by atoms with E-state index in [-0.39, 0.29) is 0 Å². The Labute approximate surface area is 349 Å². The Kier molecular flexibility index (Phi) is 7.52. The third-order valence-corrected chi connectivity index (χ3v) is 11.8. The molecule has 0 saturated carbocycles. The normalized spacial score (nSPS) is 11.6. The molecular weight excluding hydrogens is 749 g/mol. The average Bonchev–Trinajstić information content (AvgIpc) is 3.99. The van der Waals surface area contributed by atoms with Crippen LogP contribution in [0.2, 0.25) is 0 Å². The minimum atomic E-state index is 0.322. The van der Waals surface area contributed by atoms with E-state index in [2.05, 4.69) is 98.9 Å². The summed E-state index contributed by atoms with van der Waals surface area (Å²) in [5.74, 6) is 0.422. The van der Waals surface area contributed by atoms with Crippen LogP contribution in [0.1, 0.15) is 5.56 Å². The standard InChI is InChI=1S/C54H30N6O/c1-56-43-31-34(51-42(32-55)50(33-15-4-2-5-16-33)57-54(58-51)41-23-14-22-39-37-20-10-13-26-48(37)61-53(39)41)27-29-46(43)60-44-24-11-8-19-36(44)38-28-30-47-49(52(38)60)40-21-9-12-25-45(40)59(47)35-17-6-3-7-18-35/h2-31H. The molecule has 12 aromatic rings. The van der Waals surface area contributed by atoms with Gasteiger partial charge in [0.25, 0.3) is 0 Å². The molecule has 0 N–H and O–H groups in total. The van der Waals surface area contributed by atoms with Crippen LogP contribution < -0.4 is 0 Å². The van der Waals surface area contributed by atoms with Gasteiger partial charge >= 0.3 is 0 Å². The quantitative estimate of drug-likeness (QED) is 0.163. The number of benzene rings is 8. The zero-order chi connectivity index (χ0) is 40.6. The molecule has 61 heavy (non-hydrogen) atoms. The highest BCUT2D eigenvalue weighted by Crippen LogP contribution is 2.45. The van der Waals surface area contributed by atoms with Crippen molar-refractivity contribution < 1.29 is 4.42 Å². The maximum absolute atomic E-state index is 10.9. The lowest BCUT2D eigenvalue weighted by Gasteiger charge is -2.15. The van der Waals surface area contributed by atoms with Crippen LogP contribution in [-0.4, -0.2) is 19.1 Å². The van der Waals surface area contributed by atoms with Crippen molar-refractivity contribution in [1.29, 1.82) is 5.26 Å². The van der Waals surface area contributed by atoms with Gasteiger partial charge in [-0.2, -0.15) is 5.26 Å². The van der Waals surface area contributed by atoms with Crippen molar-refractivity contribution in [1.82, 2.24) is 19.1 Å².